The Labute approximate surface area is 107 Å². The summed E-state index contributed by atoms with van der Waals surface area (Å²) >= 11 is 0. The molecule has 0 aromatic carbocycles. The zero-order valence-electron chi connectivity index (χ0n) is 12.0. The molecule has 17 heavy (non-hydrogen) atoms. The van der Waals surface area contributed by atoms with Gasteiger partial charge in [-0.05, 0) is 58.5 Å². The van der Waals surface area contributed by atoms with E-state index in [2.05, 4.69) is 31.0 Å². The maximum absolute atomic E-state index is 3.67. The van der Waals surface area contributed by atoms with Gasteiger partial charge in [0.1, 0.15) is 0 Å². The second kappa shape index (κ2) is 5.71. The Bertz CT molecular complexity index is 237. The first kappa shape index (κ1) is 13.4. The molecule has 100 valence electrons. The Balaban J connectivity index is 1.95. The van der Waals surface area contributed by atoms with Crippen molar-refractivity contribution in [3.05, 3.63) is 0 Å². The summed E-state index contributed by atoms with van der Waals surface area (Å²) < 4.78 is 0. The van der Waals surface area contributed by atoms with Crippen LogP contribution in [0.5, 0.6) is 0 Å². The quantitative estimate of drug-likeness (QED) is 0.706. The summed E-state index contributed by atoms with van der Waals surface area (Å²) in [4.78, 5) is 2.78. The molecule has 0 aromatic rings. The van der Waals surface area contributed by atoms with Crippen molar-refractivity contribution in [2.75, 3.05) is 19.6 Å². The summed E-state index contributed by atoms with van der Waals surface area (Å²) in [6.45, 7) is 10.8. The minimum Gasteiger partial charge on any atom is -0.310 e. The molecule has 2 rings (SSSR count). The maximum atomic E-state index is 3.67. The largest absolute Gasteiger partial charge is 0.310 e. The van der Waals surface area contributed by atoms with Gasteiger partial charge >= 0.3 is 0 Å². The van der Waals surface area contributed by atoms with Gasteiger partial charge in [-0.25, -0.2) is 0 Å². The molecule has 1 N–H and O–H groups in total. The average molecular weight is 238 g/mol. The van der Waals surface area contributed by atoms with Gasteiger partial charge in [-0.3, -0.25) is 4.90 Å². The molecule has 1 aliphatic heterocycles. The highest BCUT2D eigenvalue weighted by molar-refractivity contribution is 4.88. The lowest BCUT2D eigenvalue weighted by Crippen LogP contribution is -2.49. The predicted molar refractivity (Wildman–Crippen MR) is 74.3 cm³/mol. The van der Waals surface area contributed by atoms with Gasteiger partial charge in [-0.15, -0.1) is 0 Å². The fourth-order valence-electron chi connectivity index (χ4n) is 3.50. The van der Waals surface area contributed by atoms with Crippen LogP contribution in [0.25, 0.3) is 0 Å². The van der Waals surface area contributed by atoms with Crippen molar-refractivity contribution < 1.29 is 0 Å². The van der Waals surface area contributed by atoms with Gasteiger partial charge in [0, 0.05) is 18.1 Å². The smallest absolute Gasteiger partial charge is 0.0252 e. The van der Waals surface area contributed by atoms with Gasteiger partial charge in [0.05, 0.1) is 0 Å². The zero-order chi connectivity index (χ0) is 12.3. The maximum Gasteiger partial charge on any atom is 0.0252 e. The van der Waals surface area contributed by atoms with Crippen molar-refractivity contribution in [1.29, 1.82) is 0 Å². The molecule has 2 heteroatoms. The van der Waals surface area contributed by atoms with Crippen LogP contribution >= 0.6 is 0 Å². The first-order chi connectivity index (χ1) is 8.07. The first-order valence-electron chi connectivity index (χ1n) is 7.56. The van der Waals surface area contributed by atoms with E-state index in [1.165, 1.54) is 58.2 Å². The van der Waals surface area contributed by atoms with Crippen LogP contribution in [-0.4, -0.2) is 36.1 Å². The third-order valence-electron chi connectivity index (χ3n) is 4.57. The first-order valence-corrected chi connectivity index (χ1v) is 7.56. The predicted octanol–water partition coefficient (Wildman–Crippen LogP) is 3.03. The number of nitrogens with one attached hydrogen (secondary N) is 1. The highest BCUT2D eigenvalue weighted by atomic mass is 15.2. The fourth-order valence-corrected chi connectivity index (χ4v) is 3.50. The van der Waals surface area contributed by atoms with E-state index < -0.39 is 0 Å². The van der Waals surface area contributed by atoms with Gasteiger partial charge in [-0.2, -0.15) is 0 Å². The molecule has 1 saturated carbocycles. The van der Waals surface area contributed by atoms with Crippen LogP contribution in [0.15, 0.2) is 0 Å². The topological polar surface area (TPSA) is 15.3 Å². The van der Waals surface area contributed by atoms with Gasteiger partial charge in [0.2, 0.25) is 0 Å². The molecule has 2 nitrogen and oxygen atoms in total. The minimum atomic E-state index is 0.300. The molecular weight excluding hydrogens is 208 g/mol. The van der Waals surface area contributed by atoms with E-state index in [4.69, 9.17) is 0 Å². The van der Waals surface area contributed by atoms with Crippen LogP contribution in [0.4, 0.5) is 0 Å². The summed E-state index contributed by atoms with van der Waals surface area (Å²) in [5.74, 6) is 0.957. The lowest BCUT2D eigenvalue weighted by atomic mass is 10.0. The van der Waals surface area contributed by atoms with E-state index in [-0.39, 0.29) is 0 Å². The van der Waals surface area contributed by atoms with E-state index in [1.54, 1.807) is 0 Å². The van der Waals surface area contributed by atoms with Crippen LogP contribution in [0, 0.1) is 5.92 Å². The van der Waals surface area contributed by atoms with Crippen molar-refractivity contribution in [2.24, 2.45) is 5.92 Å². The summed E-state index contributed by atoms with van der Waals surface area (Å²) in [7, 11) is 0. The van der Waals surface area contributed by atoms with Crippen molar-refractivity contribution in [3.63, 3.8) is 0 Å². The standard InChI is InChI=1S/C15H30N2/c1-13-6-4-7-14(9-8-13)17-11-5-10-16-15(2,3)12-17/h13-14,16H,4-12H2,1-3H3. The lowest BCUT2D eigenvalue weighted by Gasteiger charge is -2.35. The van der Waals surface area contributed by atoms with Crippen LogP contribution in [0.2, 0.25) is 0 Å². The minimum absolute atomic E-state index is 0.300. The van der Waals surface area contributed by atoms with Crippen molar-refractivity contribution >= 4 is 0 Å². The molecule has 0 amide bonds. The van der Waals surface area contributed by atoms with E-state index in [1.807, 2.05) is 0 Å². The molecule has 1 heterocycles. The number of hydrogen-bond donors (Lipinski definition) is 1. The Morgan fingerprint density at radius 1 is 1.06 bits per heavy atom. The molecule has 1 saturated heterocycles. The molecule has 2 atom stereocenters. The molecule has 0 radical (unpaired) electrons. The Hall–Kier alpha value is -0.0800. The summed E-state index contributed by atoms with van der Waals surface area (Å²) in [6, 6.07) is 0.860. The van der Waals surface area contributed by atoms with Crippen molar-refractivity contribution in [1.82, 2.24) is 10.2 Å². The van der Waals surface area contributed by atoms with Gasteiger partial charge in [0.25, 0.3) is 0 Å². The fraction of sp³-hybridized carbons (Fsp3) is 1.00. The Morgan fingerprint density at radius 2 is 1.88 bits per heavy atom. The number of nitrogens with zero attached hydrogens (tertiary/aromatic N) is 1. The van der Waals surface area contributed by atoms with Crippen LogP contribution in [-0.2, 0) is 0 Å². The van der Waals surface area contributed by atoms with Crippen molar-refractivity contribution in [3.8, 4) is 0 Å². The average Bonchev–Trinajstić information content (AvgIpc) is 2.56. The zero-order valence-corrected chi connectivity index (χ0v) is 12.0. The summed E-state index contributed by atoms with van der Waals surface area (Å²) in [5, 5.41) is 3.67. The normalized spacial score (nSPS) is 36.2. The molecule has 2 aliphatic rings. The summed E-state index contributed by atoms with van der Waals surface area (Å²) in [6.07, 6.45) is 8.50. The van der Waals surface area contributed by atoms with E-state index in [0.29, 0.717) is 5.54 Å². The molecule has 0 bridgehead atoms. The number of rotatable bonds is 1. The second-order valence-corrected chi connectivity index (χ2v) is 6.90. The third kappa shape index (κ3) is 3.96. The highest BCUT2D eigenvalue weighted by Crippen LogP contribution is 2.27. The molecule has 0 aromatic heterocycles. The van der Waals surface area contributed by atoms with E-state index in [9.17, 15) is 0 Å². The van der Waals surface area contributed by atoms with Gasteiger partial charge in [-0.1, -0.05) is 19.8 Å². The van der Waals surface area contributed by atoms with Crippen LogP contribution in [0.1, 0.15) is 59.3 Å². The second-order valence-electron chi connectivity index (χ2n) is 6.90. The lowest BCUT2D eigenvalue weighted by molar-refractivity contribution is 0.154. The summed E-state index contributed by atoms with van der Waals surface area (Å²) in [5.41, 5.74) is 0.300. The van der Waals surface area contributed by atoms with Crippen molar-refractivity contribution in [2.45, 2.75) is 70.9 Å². The highest BCUT2D eigenvalue weighted by Gasteiger charge is 2.29. The van der Waals surface area contributed by atoms with E-state index >= 15 is 0 Å². The van der Waals surface area contributed by atoms with Gasteiger partial charge < -0.3 is 5.32 Å². The Morgan fingerprint density at radius 3 is 2.71 bits per heavy atom. The third-order valence-corrected chi connectivity index (χ3v) is 4.57. The molecule has 1 aliphatic carbocycles. The molecule has 2 unspecified atom stereocenters. The Kier molecular flexibility index (Phi) is 4.48. The SMILES string of the molecule is CC1CCCC(N2CCCNC(C)(C)C2)CC1. The van der Waals surface area contributed by atoms with Crippen LogP contribution in [0.3, 0.4) is 0 Å². The molecule has 2 fully saturated rings. The van der Waals surface area contributed by atoms with Crippen LogP contribution < -0.4 is 5.32 Å². The molecular formula is C15H30N2. The van der Waals surface area contributed by atoms with Gasteiger partial charge in [0.15, 0.2) is 0 Å². The number of hydrogen-bond acceptors (Lipinski definition) is 2. The monoisotopic (exact) mass is 238 g/mol. The molecule has 0 spiro atoms. The van der Waals surface area contributed by atoms with E-state index in [0.717, 1.165) is 12.0 Å².